The number of carbonyl (C=O) groups is 2. The Morgan fingerprint density at radius 2 is 2.12 bits per heavy atom. The third kappa shape index (κ3) is 4.59. The van der Waals surface area contributed by atoms with E-state index in [1.54, 1.807) is 11.0 Å². The summed E-state index contributed by atoms with van der Waals surface area (Å²) < 4.78 is 33.2. The Bertz CT molecular complexity index is 813. The first kappa shape index (κ1) is 21.2. The molecule has 1 aliphatic heterocycles. The summed E-state index contributed by atoms with van der Waals surface area (Å²) in [6, 6.07) is 2.21. The maximum atomic E-state index is 12.9. The molecule has 10 heteroatoms. The summed E-state index contributed by atoms with van der Waals surface area (Å²) in [4.78, 5) is 25.2. The van der Waals surface area contributed by atoms with Crippen LogP contribution in [0.2, 0.25) is 0 Å². The standard InChI is InChI=1S/C16H21BrN2O5S2/c1-10(20)19-6-4-11-8-12(17)15(9-14(11)19)26(22,23)18-13(5-7-25-3)16(21)24-2/h8-9,13,18H,4-7H2,1-3H3/t13-/m0/s1. The number of methoxy groups -OCH3 is 1. The summed E-state index contributed by atoms with van der Waals surface area (Å²) in [5.74, 6) is -0.175. The van der Waals surface area contributed by atoms with Gasteiger partial charge in [0.15, 0.2) is 0 Å². The predicted molar refractivity (Wildman–Crippen MR) is 105 cm³/mol. The molecule has 1 heterocycles. The van der Waals surface area contributed by atoms with Gasteiger partial charge in [-0.15, -0.1) is 0 Å². The SMILES string of the molecule is COC(=O)[C@H](CCSC)NS(=O)(=O)c1cc2c(cc1Br)CCN2C(C)=O. The maximum absolute atomic E-state index is 12.9. The van der Waals surface area contributed by atoms with Crippen LogP contribution in [0.4, 0.5) is 5.69 Å². The fraction of sp³-hybridized carbons (Fsp3) is 0.500. The summed E-state index contributed by atoms with van der Waals surface area (Å²) >= 11 is 4.80. The van der Waals surface area contributed by atoms with E-state index >= 15 is 0 Å². The molecule has 0 unspecified atom stereocenters. The Morgan fingerprint density at radius 1 is 1.42 bits per heavy atom. The molecule has 0 saturated carbocycles. The van der Waals surface area contributed by atoms with Crippen LogP contribution in [0.15, 0.2) is 21.5 Å². The molecule has 0 saturated heterocycles. The van der Waals surface area contributed by atoms with Crippen LogP contribution in [-0.4, -0.2) is 52.0 Å². The average molecular weight is 465 g/mol. The highest BCUT2D eigenvalue weighted by molar-refractivity contribution is 9.10. The first-order valence-corrected chi connectivity index (χ1v) is 11.6. The van der Waals surface area contributed by atoms with Gasteiger partial charge in [-0.2, -0.15) is 16.5 Å². The van der Waals surface area contributed by atoms with Gasteiger partial charge in [0.2, 0.25) is 15.9 Å². The zero-order chi connectivity index (χ0) is 19.5. The van der Waals surface area contributed by atoms with Crippen LogP contribution < -0.4 is 9.62 Å². The molecule has 2 rings (SSSR count). The third-order valence-electron chi connectivity index (χ3n) is 4.09. The summed E-state index contributed by atoms with van der Waals surface area (Å²) in [5, 5.41) is 0. The number of hydrogen-bond donors (Lipinski definition) is 1. The monoisotopic (exact) mass is 464 g/mol. The number of amides is 1. The molecule has 1 amide bonds. The van der Waals surface area contributed by atoms with Gasteiger partial charge in [0.05, 0.1) is 12.0 Å². The number of rotatable bonds is 7. The summed E-state index contributed by atoms with van der Waals surface area (Å²) in [6.45, 7) is 1.96. The first-order chi connectivity index (χ1) is 12.2. The highest BCUT2D eigenvalue weighted by Gasteiger charge is 2.31. The summed E-state index contributed by atoms with van der Waals surface area (Å²) in [5.41, 5.74) is 1.48. The van der Waals surface area contributed by atoms with E-state index in [2.05, 4.69) is 20.7 Å². The summed E-state index contributed by atoms with van der Waals surface area (Å²) in [6.07, 6.45) is 2.85. The fourth-order valence-corrected chi connectivity index (χ4v) is 5.57. The molecular formula is C16H21BrN2O5S2. The molecule has 26 heavy (non-hydrogen) atoms. The number of halogens is 1. The number of ether oxygens (including phenoxy) is 1. The molecule has 1 aromatic rings. The molecule has 0 spiro atoms. The van der Waals surface area contributed by atoms with Gasteiger partial charge in [-0.3, -0.25) is 9.59 Å². The van der Waals surface area contributed by atoms with E-state index in [1.165, 1.54) is 31.9 Å². The highest BCUT2D eigenvalue weighted by Crippen LogP contribution is 2.35. The van der Waals surface area contributed by atoms with E-state index in [0.29, 0.717) is 35.3 Å². The number of anilines is 1. The Labute approximate surface area is 166 Å². The molecule has 0 fully saturated rings. The zero-order valence-electron chi connectivity index (χ0n) is 14.7. The van der Waals surface area contributed by atoms with Gasteiger partial charge in [-0.05, 0) is 58.5 Å². The Hall–Kier alpha value is -1.10. The van der Waals surface area contributed by atoms with E-state index in [9.17, 15) is 18.0 Å². The van der Waals surface area contributed by atoms with Crippen LogP contribution in [-0.2, 0) is 30.8 Å². The number of thioether (sulfide) groups is 1. The van der Waals surface area contributed by atoms with Crippen molar-refractivity contribution in [2.45, 2.75) is 30.7 Å². The molecule has 1 aliphatic rings. The second-order valence-corrected chi connectivity index (χ2v) is 9.33. The number of benzene rings is 1. The second-order valence-electron chi connectivity index (χ2n) is 5.81. The van der Waals surface area contributed by atoms with E-state index < -0.39 is 22.0 Å². The quantitative estimate of drug-likeness (QED) is 0.619. The number of esters is 1. The Kier molecular flexibility index (Phi) is 7.12. The van der Waals surface area contributed by atoms with Gasteiger partial charge in [0, 0.05) is 23.6 Å². The minimum atomic E-state index is -3.99. The van der Waals surface area contributed by atoms with Crippen LogP contribution >= 0.6 is 27.7 Å². The van der Waals surface area contributed by atoms with Crippen LogP contribution in [0.1, 0.15) is 18.9 Å². The second kappa shape index (κ2) is 8.73. The number of nitrogens with zero attached hydrogens (tertiary/aromatic N) is 1. The van der Waals surface area contributed by atoms with E-state index in [0.717, 1.165) is 5.56 Å². The first-order valence-electron chi connectivity index (χ1n) is 7.91. The van der Waals surface area contributed by atoms with E-state index in [4.69, 9.17) is 4.74 Å². The van der Waals surface area contributed by atoms with Crippen molar-refractivity contribution in [2.24, 2.45) is 0 Å². The van der Waals surface area contributed by atoms with Gasteiger partial charge >= 0.3 is 5.97 Å². The maximum Gasteiger partial charge on any atom is 0.323 e. The molecule has 144 valence electrons. The van der Waals surface area contributed by atoms with E-state index in [-0.39, 0.29) is 10.8 Å². The molecular weight excluding hydrogens is 444 g/mol. The molecule has 1 aromatic carbocycles. The number of sulfonamides is 1. The van der Waals surface area contributed by atoms with Crippen molar-refractivity contribution in [2.75, 3.05) is 30.6 Å². The number of nitrogens with one attached hydrogen (secondary N) is 1. The van der Waals surface area contributed by atoms with Crippen LogP contribution in [0.5, 0.6) is 0 Å². The largest absolute Gasteiger partial charge is 0.468 e. The average Bonchev–Trinajstić information content (AvgIpc) is 2.99. The van der Waals surface area contributed by atoms with Crippen molar-refractivity contribution < 1.29 is 22.7 Å². The van der Waals surface area contributed by atoms with Crippen LogP contribution in [0.25, 0.3) is 0 Å². The van der Waals surface area contributed by atoms with Crippen molar-refractivity contribution in [3.63, 3.8) is 0 Å². The van der Waals surface area contributed by atoms with Crippen molar-refractivity contribution in [3.05, 3.63) is 22.2 Å². The smallest absolute Gasteiger partial charge is 0.323 e. The van der Waals surface area contributed by atoms with Gasteiger partial charge in [0.25, 0.3) is 0 Å². The van der Waals surface area contributed by atoms with Gasteiger partial charge < -0.3 is 9.64 Å². The van der Waals surface area contributed by atoms with Crippen LogP contribution in [0, 0.1) is 0 Å². The lowest BCUT2D eigenvalue weighted by Gasteiger charge is -2.19. The van der Waals surface area contributed by atoms with E-state index in [1.807, 2.05) is 6.26 Å². The number of carbonyl (C=O) groups excluding carboxylic acids is 2. The molecule has 1 N–H and O–H groups in total. The topological polar surface area (TPSA) is 92.8 Å². The molecule has 7 nitrogen and oxygen atoms in total. The lowest BCUT2D eigenvalue weighted by atomic mass is 10.2. The predicted octanol–water partition coefficient (Wildman–Crippen LogP) is 1.93. The minimum Gasteiger partial charge on any atom is -0.468 e. The normalized spacial score (nSPS) is 14.8. The van der Waals surface area contributed by atoms with Gasteiger partial charge in [0.1, 0.15) is 6.04 Å². The van der Waals surface area contributed by atoms with Gasteiger partial charge in [-0.25, -0.2) is 8.42 Å². The van der Waals surface area contributed by atoms with Crippen molar-refractivity contribution in [1.82, 2.24) is 4.72 Å². The summed E-state index contributed by atoms with van der Waals surface area (Å²) in [7, 11) is -2.77. The fourth-order valence-electron chi connectivity index (χ4n) is 2.77. The minimum absolute atomic E-state index is 0.0116. The van der Waals surface area contributed by atoms with Crippen molar-refractivity contribution in [1.29, 1.82) is 0 Å². The zero-order valence-corrected chi connectivity index (χ0v) is 18.0. The van der Waals surface area contributed by atoms with Gasteiger partial charge in [-0.1, -0.05) is 0 Å². The molecule has 0 aromatic heterocycles. The molecule has 0 aliphatic carbocycles. The molecule has 1 atom stereocenters. The molecule has 0 bridgehead atoms. The lowest BCUT2D eigenvalue weighted by molar-refractivity contribution is -0.142. The number of fused-ring (bicyclic) bond motifs is 1. The Morgan fingerprint density at radius 3 is 2.69 bits per heavy atom. The van der Waals surface area contributed by atoms with Crippen molar-refractivity contribution in [3.8, 4) is 0 Å². The number of hydrogen-bond acceptors (Lipinski definition) is 6. The van der Waals surface area contributed by atoms with Crippen LogP contribution in [0.3, 0.4) is 0 Å². The Balaban J connectivity index is 2.38. The van der Waals surface area contributed by atoms with Crippen molar-refractivity contribution >= 4 is 55.3 Å². The highest BCUT2D eigenvalue weighted by atomic mass is 79.9. The molecule has 0 radical (unpaired) electrons. The third-order valence-corrected chi connectivity index (χ3v) is 7.17. The lowest BCUT2D eigenvalue weighted by Crippen LogP contribution is -2.42.